The Hall–Kier alpha value is -0.890. The van der Waals surface area contributed by atoms with Crippen molar-refractivity contribution in [1.29, 1.82) is 0 Å². The van der Waals surface area contributed by atoms with Gasteiger partial charge < -0.3 is 4.74 Å². The van der Waals surface area contributed by atoms with E-state index >= 15 is 0 Å². The van der Waals surface area contributed by atoms with Crippen LogP contribution in [0.4, 0.5) is 0 Å². The average molecular weight is 206 g/mol. The molecule has 0 saturated carbocycles. The molecule has 0 saturated heterocycles. The van der Waals surface area contributed by atoms with Gasteiger partial charge >= 0.3 is 0 Å². The zero-order valence-corrected chi connectivity index (χ0v) is 9.52. The Kier molecular flexibility index (Phi) is 2.31. The number of benzene rings is 1. The first-order valence-corrected chi connectivity index (χ1v) is 5.89. The third-order valence-electron chi connectivity index (χ3n) is 2.26. The molecule has 0 aliphatic carbocycles. The second kappa shape index (κ2) is 3.35. The summed E-state index contributed by atoms with van der Waals surface area (Å²) in [6.07, 6.45) is 6.29. The molecule has 1 aliphatic rings. The summed E-state index contributed by atoms with van der Waals surface area (Å²) in [5, 5.41) is 0. The van der Waals surface area contributed by atoms with Gasteiger partial charge in [0.2, 0.25) is 0 Å². The van der Waals surface area contributed by atoms with Crippen molar-refractivity contribution in [3.8, 4) is 5.75 Å². The van der Waals surface area contributed by atoms with Gasteiger partial charge in [-0.25, -0.2) is 0 Å². The Morgan fingerprint density at radius 3 is 2.79 bits per heavy atom. The van der Waals surface area contributed by atoms with E-state index in [-0.39, 0.29) is 5.60 Å². The standard InChI is InChI=1S/C12H14OS/c1-12(2)7-6-9-4-5-10(14-3)8-11(9)13-12/h4-8H,1-3H3. The van der Waals surface area contributed by atoms with Crippen LogP contribution in [0, 0.1) is 0 Å². The molecule has 0 radical (unpaired) electrons. The summed E-state index contributed by atoms with van der Waals surface area (Å²) in [5.74, 6) is 0.990. The fourth-order valence-electron chi connectivity index (χ4n) is 1.48. The molecule has 2 rings (SSSR count). The van der Waals surface area contributed by atoms with E-state index < -0.39 is 0 Å². The molecule has 1 heterocycles. The number of fused-ring (bicyclic) bond motifs is 1. The van der Waals surface area contributed by atoms with Crippen LogP contribution in [0.5, 0.6) is 5.75 Å². The lowest BCUT2D eigenvalue weighted by molar-refractivity contribution is 0.158. The van der Waals surface area contributed by atoms with E-state index in [0.29, 0.717) is 0 Å². The van der Waals surface area contributed by atoms with Crippen molar-refractivity contribution in [3.05, 3.63) is 29.8 Å². The minimum Gasteiger partial charge on any atom is -0.483 e. The molecule has 0 unspecified atom stereocenters. The summed E-state index contributed by atoms with van der Waals surface area (Å²) in [4.78, 5) is 1.25. The van der Waals surface area contributed by atoms with Crippen LogP contribution in [0.3, 0.4) is 0 Å². The maximum Gasteiger partial charge on any atom is 0.128 e. The van der Waals surface area contributed by atoms with Crippen molar-refractivity contribution in [2.24, 2.45) is 0 Å². The first kappa shape index (κ1) is 9.66. The monoisotopic (exact) mass is 206 g/mol. The predicted octanol–water partition coefficient (Wildman–Crippen LogP) is 3.59. The van der Waals surface area contributed by atoms with Crippen LogP contribution in [-0.4, -0.2) is 11.9 Å². The second-order valence-corrected chi connectivity index (χ2v) is 4.82. The molecular weight excluding hydrogens is 192 g/mol. The summed E-state index contributed by atoms with van der Waals surface area (Å²) >= 11 is 1.74. The minimum absolute atomic E-state index is 0.177. The van der Waals surface area contributed by atoms with E-state index in [1.54, 1.807) is 11.8 Å². The van der Waals surface area contributed by atoms with Crippen molar-refractivity contribution < 1.29 is 4.74 Å². The lowest BCUT2D eigenvalue weighted by Crippen LogP contribution is -2.27. The maximum atomic E-state index is 5.86. The van der Waals surface area contributed by atoms with Crippen LogP contribution < -0.4 is 4.74 Å². The molecule has 0 atom stereocenters. The Morgan fingerprint density at radius 1 is 1.29 bits per heavy atom. The molecule has 14 heavy (non-hydrogen) atoms. The van der Waals surface area contributed by atoms with Gasteiger partial charge in [0.05, 0.1) is 0 Å². The predicted molar refractivity (Wildman–Crippen MR) is 62.0 cm³/mol. The maximum absolute atomic E-state index is 5.86. The molecular formula is C12H14OS. The average Bonchev–Trinajstić information content (AvgIpc) is 2.15. The van der Waals surface area contributed by atoms with E-state index in [9.17, 15) is 0 Å². The second-order valence-electron chi connectivity index (χ2n) is 3.94. The quantitative estimate of drug-likeness (QED) is 0.649. The summed E-state index contributed by atoms with van der Waals surface area (Å²) < 4.78 is 5.86. The Morgan fingerprint density at radius 2 is 2.07 bits per heavy atom. The highest BCUT2D eigenvalue weighted by atomic mass is 32.2. The lowest BCUT2D eigenvalue weighted by Gasteiger charge is -2.28. The van der Waals surface area contributed by atoms with Gasteiger partial charge in [-0.2, -0.15) is 0 Å². The molecule has 0 spiro atoms. The first-order chi connectivity index (χ1) is 6.61. The zero-order valence-electron chi connectivity index (χ0n) is 8.70. The number of rotatable bonds is 1. The van der Waals surface area contributed by atoms with Gasteiger partial charge in [-0.15, -0.1) is 11.8 Å². The lowest BCUT2D eigenvalue weighted by atomic mass is 10.0. The Labute approximate surface area is 89.2 Å². The highest BCUT2D eigenvalue weighted by Crippen LogP contribution is 2.33. The molecule has 0 fully saturated rings. The van der Waals surface area contributed by atoms with E-state index in [4.69, 9.17) is 4.74 Å². The van der Waals surface area contributed by atoms with Crippen LogP contribution in [0.2, 0.25) is 0 Å². The Balaban J connectivity index is 2.42. The number of hydrogen-bond acceptors (Lipinski definition) is 2. The fourth-order valence-corrected chi connectivity index (χ4v) is 1.90. The van der Waals surface area contributed by atoms with Crippen molar-refractivity contribution in [2.75, 3.05) is 6.26 Å². The summed E-state index contributed by atoms with van der Waals surface area (Å²) in [6.45, 7) is 4.14. The largest absolute Gasteiger partial charge is 0.483 e. The van der Waals surface area contributed by atoms with Gasteiger partial charge in [0.1, 0.15) is 11.4 Å². The molecule has 1 nitrogen and oxygen atoms in total. The van der Waals surface area contributed by atoms with E-state index in [0.717, 1.165) is 5.75 Å². The van der Waals surface area contributed by atoms with Gasteiger partial charge in [0.25, 0.3) is 0 Å². The summed E-state index contributed by atoms with van der Waals surface area (Å²) in [7, 11) is 0. The molecule has 1 aliphatic heterocycles. The van der Waals surface area contributed by atoms with E-state index in [1.807, 2.05) is 0 Å². The number of ether oxygens (including phenoxy) is 1. The van der Waals surface area contributed by atoms with E-state index in [1.165, 1.54) is 10.5 Å². The van der Waals surface area contributed by atoms with Crippen molar-refractivity contribution in [2.45, 2.75) is 24.3 Å². The molecule has 0 bridgehead atoms. The van der Waals surface area contributed by atoms with Gasteiger partial charge in [0, 0.05) is 10.5 Å². The SMILES string of the molecule is CSc1ccc2c(c1)OC(C)(C)C=C2. The van der Waals surface area contributed by atoms with Gasteiger partial charge in [0.15, 0.2) is 0 Å². The molecule has 0 amide bonds. The summed E-state index contributed by atoms with van der Waals surface area (Å²) in [5.41, 5.74) is 0.992. The smallest absolute Gasteiger partial charge is 0.128 e. The van der Waals surface area contributed by atoms with Crippen molar-refractivity contribution >= 4 is 17.8 Å². The highest BCUT2D eigenvalue weighted by Gasteiger charge is 2.21. The van der Waals surface area contributed by atoms with Crippen LogP contribution in [0.1, 0.15) is 19.4 Å². The van der Waals surface area contributed by atoms with Crippen molar-refractivity contribution in [1.82, 2.24) is 0 Å². The molecule has 74 valence electrons. The third kappa shape index (κ3) is 1.80. The van der Waals surface area contributed by atoms with Crippen LogP contribution >= 0.6 is 11.8 Å². The van der Waals surface area contributed by atoms with Crippen molar-refractivity contribution in [3.63, 3.8) is 0 Å². The molecule has 1 aromatic rings. The molecule has 1 aromatic carbocycles. The third-order valence-corrected chi connectivity index (χ3v) is 2.98. The van der Waals surface area contributed by atoms with Crippen LogP contribution in [0.15, 0.2) is 29.2 Å². The van der Waals surface area contributed by atoms with E-state index in [2.05, 4.69) is 50.5 Å². The first-order valence-electron chi connectivity index (χ1n) is 4.67. The summed E-state index contributed by atoms with van der Waals surface area (Å²) in [6, 6.07) is 6.33. The molecule has 0 N–H and O–H groups in total. The molecule has 0 aromatic heterocycles. The van der Waals surface area contributed by atoms with Gasteiger partial charge in [-0.05, 0) is 38.3 Å². The van der Waals surface area contributed by atoms with Crippen LogP contribution in [-0.2, 0) is 0 Å². The van der Waals surface area contributed by atoms with Gasteiger partial charge in [-0.1, -0.05) is 12.1 Å². The molecule has 2 heteroatoms. The highest BCUT2D eigenvalue weighted by molar-refractivity contribution is 7.98. The Bertz CT molecular complexity index is 380. The normalized spacial score (nSPS) is 17.4. The zero-order chi connectivity index (χ0) is 10.2. The fraction of sp³-hybridized carbons (Fsp3) is 0.333. The topological polar surface area (TPSA) is 9.23 Å². The number of hydrogen-bond donors (Lipinski definition) is 0. The number of thioether (sulfide) groups is 1. The van der Waals surface area contributed by atoms with Crippen LogP contribution in [0.25, 0.3) is 6.08 Å². The van der Waals surface area contributed by atoms with Gasteiger partial charge in [-0.3, -0.25) is 0 Å². The minimum atomic E-state index is -0.177.